The third kappa shape index (κ3) is 4.59. The minimum absolute atomic E-state index is 0.0380. The standard InChI is InChI=1S/C29H31F3N4O3/c1-39-23-9-7-21(8-10-23)36-25-24(26(33-36)29(30,31)32)12-16-35(27(25)38)20-5-3-19(4-6-20)28(13-2-14-28)18-34-15-11-22(37)17-34/h3-10,22,37H,2,11-18H2,1H3/t22-/m1/s1. The first-order valence-corrected chi connectivity index (χ1v) is 13.3. The van der Waals surface area contributed by atoms with E-state index in [9.17, 15) is 23.1 Å². The second-order valence-electron chi connectivity index (χ2n) is 10.8. The summed E-state index contributed by atoms with van der Waals surface area (Å²) in [6.45, 7) is 2.63. The summed E-state index contributed by atoms with van der Waals surface area (Å²) in [7, 11) is 1.50. The highest BCUT2D eigenvalue weighted by Gasteiger charge is 2.44. The van der Waals surface area contributed by atoms with Gasteiger partial charge in [-0.1, -0.05) is 18.6 Å². The minimum Gasteiger partial charge on any atom is -0.497 e. The number of β-amino-alcohol motifs (C(OH)–C–C–N with tert-alkyl or cyclic N) is 1. The molecule has 2 fully saturated rings. The number of halogens is 3. The number of carbonyl (C=O) groups excluding carboxylic acids is 1. The summed E-state index contributed by atoms with van der Waals surface area (Å²) in [5, 5.41) is 13.8. The van der Waals surface area contributed by atoms with Gasteiger partial charge in [0, 0.05) is 42.8 Å². The smallest absolute Gasteiger partial charge is 0.435 e. The molecule has 1 N–H and O–H groups in total. The fraction of sp³-hybridized carbons (Fsp3) is 0.448. The molecule has 0 spiro atoms. The third-order valence-electron chi connectivity index (χ3n) is 8.48. The van der Waals surface area contributed by atoms with Crippen LogP contribution in [0.2, 0.25) is 0 Å². The van der Waals surface area contributed by atoms with Crippen molar-refractivity contribution in [3.8, 4) is 11.4 Å². The fourth-order valence-electron chi connectivity index (χ4n) is 6.26. The predicted octanol–water partition coefficient (Wildman–Crippen LogP) is 4.59. The first-order chi connectivity index (χ1) is 18.7. The quantitative estimate of drug-likeness (QED) is 0.495. The highest BCUT2D eigenvalue weighted by atomic mass is 19.4. The normalized spacial score (nSPS) is 21.1. The van der Waals surface area contributed by atoms with Gasteiger partial charge >= 0.3 is 6.18 Å². The molecule has 6 rings (SSSR count). The molecule has 1 amide bonds. The maximum Gasteiger partial charge on any atom is 0.435 e. The van der Waals surface area contributed by atoms with Gasteiger partial charge in [0.1, 0.15) is 11.4 Å². The van der Waals surface area contributed by atoms with E-state index in [2.05, 4.69) is 10.00 Å². The van der Waals surface area contributed by atoms with Gasteiger partial charge in [0.05, 0.1) is 18.9 Å². The molecule has 1 aromatic heterocycles. The van der Waals surface area contributed by atoms with Crippen LogP contribution in [0.3, 0.4) is 0 Å². The largest absolute Gasteiger partial charge is 0.497 e. The topological polar surface area (TPSA) is 70.8 Å². The molecule has 1 atom stereocenters. The van der Waals surface area contributed by atoms with Crippen LogP contribution in [0.1, 0.15) is 53.0 Å². The minimum atomic E-state index is -4.67. The van der Waals surface area contributed by atoms with Crippen molar-refractivity contribution in [2.45, 2.75) is 49.8 Å². The Balaban J connectivity index is 1.30. The van der Waals surface area contributed by atoms with Gasteiger partial charge < -0.3 is 14.7 Å². The van der Waals surface area contributed by atoms with E-state index in [0.717, 1.165) is 43.5 Å². The number of likely N-dealkylation sites (tertiary alicyclic amines) is 1. The SMILES string of the molecule is COc1ccc(-n2nc(C(F)(F)F)c3c2C(=O)N(c2ccc(C4(CN5CC[C@@H](O)C5)CCC4)cc2)CC3)cc1. The number of benzene rings is 2. The highest BCUT2D eigenvalue weighted by molar-refractivity contribution is 6.07. The fourth-order valence-corrected chi connectivity index (χ4v) is 6.26. The number of alkyl halides is 3. The summed E-state index contributed by atoms with van der Waals surface area (Å²) in [5.74, 6) is 0.0428. The zero-order valence-electron chi connectivity index (χ0n) is 21.7. The van der Waals surface area contributed by atoms with Crippen molar-refractivity contribution in [2.24, 2.45) is 0 Å². The molecule has 7 nitrogen and oxygen atoms in total. The lowest BCUT2D eigenvalue weighted by molar-refractivity contribution is -0.141. The molecular weight excluding hydrogens is 509 g/mol. The number of rotatable bonds is 6. The lowest BCUT2D eigenvalue weighted by Crippen LogP contribution is -2.45. The van der Waals surface area contributed by atoms with Crippen molar-refractivity contribution in [3.05, 3.63) is 71.0 Å². The molecule has 3 aliphatic rings. The van der Waals surface area contributed by atoms with Crippen LogP contribution in [0, 0.1) is 0 Å². The second-order valence-corrected chi connectivity index (χ2v) is 10.8. The van der Waals surface area contributed by atoms with E-state index in [1.165, 1.54) is 17.6 Å². The van der Waals surface area contributed by atoms with Gasteiger partial charge in [-0.25, -0.2) is 4.68 Å². The van der Waals surface area contributed by atoms with E-state index in [-0.39, 0.29) is 35.7 Å². The number of aliphatic hydroxyl groups is 1. The molecule has 0 bridgehead atoms. The lowest BCUT2D eigenvalue weighted by atomic mass is 9.64. The average Bonchev–Trinajstić information content (AvgIpc) is 3.50. The molecule has 0 radical (unpaired) electrons. The van der Waals surface area contributed by atoms with Gasteiger partial charge in [-0.3, -0.25) is 9.69 Å². The Morgan fingerprint density at radius 3 is 2.31 bits per heavy atom. The van der Waals surface area contributed by atoms with Gasteiger partial charge in [0.15, 0.2) is 5.69 Å². The van der Waals surface area contributed by atoms with Gasteiger partial charge in [-0.15, -0.1) is 0 Å². The number of nitrogens with zero attached hydrogens (tertiary/aromatic N) is 4. The van der Waals surface area contributed by atoms with Gasteiger partial charge in [-0.05, 0) is 67.6 Å². The van der Waals surface area contributed by atoms with E-state index < -0.39 is 17.8 Å². The molecule has 3 aromatic rings. The number of aromatic nitrogens is 2. The first kappa shape index (κ1) is 25.9. The molecule has 1 aliphatic carbocycles. The zero-order valence-corrected chi connectivity index (χ0v) is 21.7. The van der Waals surface area contributed by atoms with Crippen LogP contribution >= 0.6 is 0 Å². The Hall–Kier alpha value is -3.37. The van der Waals surface area contributed by atoms with Gasteiger partial charge in [-0.2, -0.15) is 18.3 Å². The molecule has 3 heterocycles. The van der Waals surface area contributed by atoms with Crippen LogP contribution in [0.15, 0.2) is 48.5 Å². The van der Waals surface area contributed by atoms with Crippen LogP contribution < -0.4 is 9.64 Å². The number of fused-ring (bicyclic) bond motifs is 1. The molecule has 10 heteroatoms. The number of hydrogen-bond donors (Lipinski definition) is 1. The van der Waals surface area contributed by atoms with Crippen molar-refractivity contribution in [3.63, 3.8) is 0 Å². The number of ether oxygens (including phenoxy) is 1. The molecule has 39 heavy (non-hydrogen) atoms. The maximum absolute atomic E-state index is 13.9. The number of hydrogen-bond acceptors (Lipinski definition) is 5. The number of methoxy groups -OCH3 is 1. The van der Waals surface area contributed by atoms with Crippen molar-refractivity contribution in [1.82, 2.24) is 14.7 Å². The first-order valence-electron chi connectivity index (χ1n) is 13.3. The number of aliphatic hydroxyl groups excluding tert-OH is 1. The van der Waals surface area contributed by atoms with Crippen molar-refractivity contribution in [1.29, 1.82) is 0 Å². The monoisotopic (exact) mass is 540 g/mol. The molecule has 1 saturated heterocycles. The van der Waals surface area contributed by atoms with Crippen LogP contribution in [-0.2, 0) is 18.0 Å². The zero-order chi connectivity index (χ0) is 27.4. The summed E-state index contributed by atoms with van der Waals surface area (Å²) < 4.78 is 48.0. The summed E-state index contributed by atoms with van der Waals surface area (Å²) >= 11 is 0. The maximum atomic E-state index is 13.9. The van der Waals surface area contributed by atoms with E-state index in [0.29, 0.717) is 23.7 Å². The van der Waals surface area contributed by atoms with E-state index in [1.54, 1.807) is 24.3 Å². The summed E-state index contributed by atoms with van der Waals surface area (Å²) in [5.41, 5.74) is 1.09. The van der Waals surface area contributed by atoms with Crippen LogP contribution in [0.5, 0.6) is 5.75 Å². The predicted molar refractivity (Wildman–Crippen MR) is 140 cm³/mol. The van der Waals surface area contributed by atoms with E-state index in [4.69, 9.17) is 4.74 Å². The second kappa shape index (κ2) is 9.67. The van der Waals surface area contributed by atoms with Crippen molar-refractivity contribution in [2.75, 3.05) is 38.2 Å². The molecule has 206 valence electrons. The van der Waals surface area contributed by atoms with Gasteiger partial charge in [0.2, 0.25) is 0 Å². The highest BCUT2D eigenvalue weighted by Crippen LogP contribution is 2.45. The molecule has 2 aliphatic heterocycles. The summed E-state index contributed by atoms with van der Waals surface area (Å²) in [6, 6.07) is 14.3. The Bertz CT molecular complexity index is 1360. The Morgan fingerprint density at radius 2 is 1.74 bits per heavy atom. The van der Waals surface area contributed by atoms with E-state index in [1.807, 2.05) is 24.3 Å². The van der Waals surface area contributed by atoms with Crippen molar-refractivity contribution < 1.29 is 27.8 Å². The Kier molecular flexibility index (Phi) is 6.42. The number of carbonyl (C=O) groups is 1. The van der Waals surface area contributed by atoms with Crippen molar-refractivity contribution >= 4 is 11.6 Å². The third-order valence-corrected chi connectivity index (χ3v) is 8.48. The molecule has 2 aromatic carbocycles. The molecule has 1 saturated carbocycles. The lowest BCUT2D eigenvalue weighted by Gasteiger charge is -2.45. The Morgan fingerprint density at radius 1 is 1.05 bits per heavy atom. The summed E-state index contributed by atoms with van der Waals surface area (Å²) in [6.07, 6.45) is -0.773. The van der Waals surface area contributed by atoms with E-state index >= 15 is 0 Å². The Labute approximate surface area is 224 Å². The van der Waals surface area contributed by atoms with Gasteiger partial charge in [0.25, 0.3) is 5.91 Å². The van der Waals surface area contributed by atoms with Crippen LogP contribution in [0.25, 0.3) is 5.69 Å². The van der Waals surface area contributed by atoms with Crippen LogP contribution in [0.4, 0.5) is 18.9 Å². The summed E-state index contributed by atoms with van der Waals surface area (Å²) in [4.78, 5) is 17.6. The molecule has 0 unspecified atom stereocenters. The molecular formula is C29H31F3N4O3. The number of amides is 1. The van der Waals surface area contributed by atoms with Crippen LogP contribution in [-0.4, -0.2) is 65.1 Å². The number of anilines is 1. The average molecular weight is 541 g/mol.